The van der Waals surface area contributed by atoms with Gasteiger partial charge in [-0.2, -0.15) is 0 Å². The first-order chi connectivity index (χ1) is 12.2. The second kappa shape index (κ2) is 10.3. The van der Waals surface area contributed by atoms with Crippen molar-refractivity contribution in [3.8, 4) is 11.6 Å². The van der Waals surface area contributed by atoms with Gasteiger partial charge in [-0.15, -0.1) is 24.0 Å². The third-order valence-corrected chi connectivity index (χ3v) is 4.22. The normalized spacial score (nSPS) is 15.2. The summed E-state index contributed by atoms with van der Waals surface area (Å²) in [6.45, 7) is 0.452. The molecule has 0 spiro atoms. The van der Waals surface area contributed by atoms with E-state index in [4.69, 9.17) is 10.5 Å². The van der Waals surface area contributed by atoms with E-state index in [0.717, 1.165) is 18.4 Å². The summed E-state index contributed by atoms with van der Waals surface area (Å²) in [5, 5.41) is 3.29. The van der Waals surface area contributed by atoms with E-state index in [-0.39, 0.29) is 29.8 Å². The lowest BCUT2D eigenvalue weighted by molar-refractivity contribution is 0.412. The summed E-state index contributed by atoms with van der Waals surface area (Å²) in [7, 11) is 0. The predicted molar refractivity (Wildman–Crippen MR) is 111 cm³/mol. The fourth-order valence-electron chi connectivity index (χ4n) is 2.91. The number of aliphatic imine (C=N–C) groups is 1. The number of benzene rings is 1. The number of guanidine groups is 1. The van der Waals surface area contributed by atoms with Crippen molar-refractivity contribution >= 4 is 29.9 Å². The Bertz CT molecular complexity index is 718. The molecule has 3 rings (SSSR count). The van der Waals surface area contributed by atoms with Crippen LogP contribution in [0.3, 0.4) is 0 Å². The van der Waals surface area contributed by atoms with Gasteiger partial charge in [0, 0.05) is 18.3 Å². The Morgan fingerprint density at radius 2 is 1.92 bits per heavy atom. The lowest BCUT2D eigenvalue weighted by atomic mass is 9.96. The monoisotopic (exact) mass is 470 g/mol. The number of nitrogens with two attached hydrogens (primary N) is 1. The highest BCUT2D eigenvalue weighted by molar-refractivity contribution is 14.0. The molecule has 0 aliphatic heterocycles. The van der Waals surface area contributed by atoms with Gasteiger partial charge in [0.05, 0.1) is 6.54 Å². The van der Waals surface area contributed by atoms with Crippen LogP contribution in [0.25, 0.3) is 0 Å². The summed E-state index contributed by atoms with van der Waals surface area (Å²) in [6, 6.07) is 9.94. The molecule has 140 valence electrons. The molecule has 2 aromatic rings. The van der Waals surface area contributed by atoms with Gasteiger partial charge < -0.3 is 15.8 Å². The fourth-order valence-corrected chi connectivity index (χ4v) is 2.91. The van der Waals surface area contributed by atoms with Crippen molar-refractivity contribution in [2.45, 2.75) is 44.7 Å². The van der Waals surface area contributed by atoms with Crippen LogP contribution in [0.2, 0.25) is 0 Å². The van der Waals surface area contributed by atoms with Gasteiger partial charge in [-0.25, -0.2) is 14.4 Å². The molecule has 7 heteroatoms. The molecule has 0 bridgehead atoms. The van der Waals surface area contributed by atoms with E-state index < -0.39 is 0 Å². The molecule has 1 fully saturated rings. The van der Waals surface area contributed by atoms with Crippen LogP contribution >= 0.6 is 24.0 Å². The van der Waals surface area contributed by atoms with Crippen molar-refractivity contribution in [3.63, 3.8) is 0 Å². The molecule has 5 nitrogen and oxygen atoms in total. The molecule has 1 aromatic carbocycles. The minimum Gasteiger partial charge on any atom is -0.439 e. The molecule has 0 saturated heterocycles. The number of hydrogen-bond acceptors (Lipinski definition) is 3. The molecule has 3 N–H and O–H groups in total. The number of ether oxygens (including phenoxy) is 1. The van der Waals surface area contributed by atoms with Gasteiger partial charge in [-0.05, 0) is 48.7 Å². The van der Waals surface area contributed by atoms with E-state index in [9.17, 15) is 4.39 Å². The molecule has 0 atom stereocenters. The van der Waals surface area contributed by atoms with Gasteiger partial charge in [0.1, 0.15) is 11.6 Å². The van der Waals surface area contributed by atoms with E-state index in [0.29, 0.717) is 30.2 Å². The molecular weight excluding hydrogens is 446 g/mol. The van der Waals surface area contributed by atoms with E-state index >= 15 is 0 Å². The Balaban J connectivity index is 0.00000243. The van der Waals surface area contributed by atoms with E-state index in [1.807, 2.05) is 6.07 Å². The Labute approximate surface area is 170 Å². The van der Waals surface area contributed by atoms with Gasteiger partial charge in [0.25, 0.3) is 0 Å². The Kier molecular flexibility index (Phi) is 8.08. The van der Waals surface area contributed by atoms with Crippen LogP contribution in [-0.4, -0.2) is 17.0 Å². The zero-order valence-corrected chi connectivity index (χ0v) is 16.9. The first kappa shape index (κ1) is 20.4. The molecule has 1 saturated carbocycles. The van der Waals surface area contributed by atoms with Crippen molar-refractivity contribution in [2.75, 3.05) is 0 Å². The van der Waals surface area contributed by atoms with Crippen LogP contribution in [0.5, 0.6) is 11.6 Å². The molecule has 1 aliphatic carbocycles. The summed E-state index contributed by atoms with van der Waals surface area (Å²) in [4.78, 5) is 8.57. The van der Waals surface area contributed by atoms with Crippen molar-refractivity contribution in [2.24, 2.45) is 10.7 Å². The summed E-state index contributed by atoms with van der Waals surface area (Å²) in [5.41, 5.74) is 6.93. The summed E-state index contributed by atoms with van der Waals surface area (Å²) >= 11 is 0. The molecule has 26 heavy (non-hydrogen) atoms. The Hall–Kier alpha value is -1.90. The molecule has 1 heterocycles. The number of rotatable bonds is 5. The first-order valence-corrected chi connectivity index (χ1v) is 8.64. The fraction of sp³-hybridized carbons (Fsp3) is 0.368. The maximum atomic E-state index is 12.9. The number of nitrogens with one attached hydrogen (secondary N) is 1. The van der Waals surface area contributed by atoms with Gasteiger partial charge in [-0.1, -0.05) is 19.3 Å². The van der Waals surface area contributed by atoms with Crippen LogP contribution < -0.4 is 15.8 Å². The quantitative estimate of drug-likeness (QED) is 0.387. The number of aromatic nitrogens is 1. The number of nitrogens with zero attached hydrogens (tertiary/aromatic N) is 2. The van der Waals surface area contributed by atoms with Gasteiger partial charge >= 0.3 is 0 Å². The van der Waals surface area contributed by atoms with Crippen molar-refractivity contribution < 1.29 is 9.13 Å². The molecule has 0 unspecified atom stereocenters. The summed E-state index contributed by atoms with van der Waals surface area (Å²) in [5.74, 6) is 1.15. The van der Waals surface area contributed by atoms with Crippen molar-refractivity contribution in [1.29, 1.82) is 0 Å². The highest BCUT2D eigenvalue weighted by Gasteiger charge is 2.13. The van der Waals surface area contributed by atoms with E-state index in [1.54, 1.807) is 24.4 Å². The average molecular weight is 470 g/mol. The largest absolute Gasteiger partial charge is 0.439 e. The van der Waals surface area contributed by atoms with Crippen LogP contribution in [0.4, 0.5) is 4.39 Å². The minimum absolute atomic E-state index is 0. The standard InChI is InChI=1S/C19H23FN4O.HI/c20-15-6-8-17(9-7-15)25-18-12-14(10-11-22-18)13-23-19(21)24-16-4-2-1-3-5-16;/h6-12,16H,1-5,13H2,(H3,21,23,24);1H. The average Bonchev–Trinajstić information content (AvgIpc) is 2.63. The maximum Gasteiger partial charge on any atom is 0.219 e. The lowest BCUT2D eigenvalue weighted by Crippen LogP contribution is -2.41. The Morgan fingerprint density at radius 3 is 2.65 bits per heavy atom. The zero-order valence-electron chi connectivity index (χ0n) is 14.5. The maximum absolute atomic E-state index is 12.9. The molecule has 0 amide bonds. The molecule has 1 aromatic heterocycles. The number of halogens is 2. The smallest absolute Gasteiger partial charge is 0.219 e. The van der Waals surface area contributed by atoms with Crippen LogP contribution in [-0.2, 0) is 6.54 Å². The van der Waals surface area contributed by atoms with Gasteiger partial charge in [0.15, 0.2) is 5.96 Å². The second-order valence-corrected chi connectivity index (χ2v) is 6.24. The molecular formula is C19H24FIN4O. The van der Waals surface area contributed by atoms with Crippen LogP contribution in [0.1, 0.15) is 37.7 Å². The van der Waals surface area contributed by atoms with Crippen molar-refractivity contribution in [3.05, 3.63) is 54.0 Å². The molecule has 0 radical (unpaired) electrons. The highest BCUT2D eigenvalue weighted by Crippen LogP contribution is 2.20. The summed E-state index contributed by atoms with van der Waals surface area (Å²) < 4.78 is 18.6. The molecule has 1 aliphatic rings. The Morgan fingerprint density at radius 1 is 1.19 bits per heavy atom. The first-order valence-electron chi connectivity index (χ1n) is 8.64. The summed E-state index contributed by atoms with van der Waals surface area (Å²) in [6.07, 6.45) is 7.78. The van der Waals surface area contributed by atoms with E-state index in [2.05, 4.69) is 15.3 Å². The number of hydrogen-bond donors (Lipinski definition) is 2. The SMILES string of the molecule is I.NC(=NCc1ccnc(Oc2ccc(F)cc2)c1)NC1CCCCC1. The third kappa shape index (κ3) is 6.44. The van der Waals surface area contributed by atoms with Crippen LogP contribution in [0.15, 0.2) is 47.6 Å². The topological polar surface area (TPSA) is 72.5 Å². The van der Waals surface area contributed by atoms with Gasteiger partial charge in [-0.3, -0.25) is 0 Å². The number of pyridine rings is 1. The zero-order chi connectivity index (χ0) is 17.5. The third-order valence-electron chi connectivity index (χ3n) is 4.22. The highest BCUT2D eigenvalue weighted by atomic mass is 127. The lowest BCUT2D eigenvalue weighted by Gasteiger charge is -2.23. The van der Waals surface area contributed by atoms with Crippen LogP contribution in [0, 0.1) is 5.82 Å². The van der Waals surface area contributed by atoms with Crippen molar-refractivity contribution in [1.82, 2.24) is 10.3 Å². The van der Waals surface area contributed by atoms with E-state index in [1.165, 1.54) is 31.4 Å². The van der Waals surface area contributed by atoms with Gasteiger partial charge in [0.2, 0.25) is 5.88 Å². The second-order valence-electron chi connectivity index (χ2n) is 6.24. The minimum atomic E-state index is -0.302. The predicted octanol–water partition coefficient (Wildman–Crippen LogP) is 4.37.